The highest BCUT2D eigenvalue weighted by molar-refractivity contribution is 6.31. The fraction of sp³-hybridized carbons (Fsp3) is 0.636. The first-order valence-corrected chi connectivity index (χ1v) is 5.87. The summed E-state index contributed by atoms with van der Waals surface area (Å²) in [6.07, 6.45) is 2.68. The van der Waals surface area contributed by atoms with Gasteiger partial charge in [0.2, 0.25) is 0 Å². The highest BCUT2D eigenvalue weighted by atomic mass is 35.5. The van der Waals surface area contributed by atoms with E-state index < -0.39 is 0 Å². The van der Waals surface area contributed by atoms with Crippen LogP contribution in [0, 0.1) is 13.8 Å². The molecule has 4 nitrogen and oxygen atoms in total. The molecule has 16 heavy (non-hydrogen) atoms. The molecule has 2 rings (SSSR count). The summed E-state index contributed by atoms with van der Waals surface area (Å²) >= 11 is 6.07. The van der Waals surface area contributed by atoms with Crippen LogP contribution < -0.4 is 0 Å². The van der Waals surface area contributed by atoms with Crippen molar-refractivity contribution in [2.45, 2.75) is 39.2 Å². The van der Waals surface area contributed by atoms with Crippen LogP contribution in [0.3, 0.4) is 0 Å². The number of cyclic esters (lactones) is 1. The zero-order valence-corrected chi connectivity index (χ0v) is 10.3. The minimum absolute atomic E-state index is 0.195. The molecule has 0 aromatic carbocycles. The average molecular weight is 243 g/mol. The topological polar surface area (TPSA) is 44.1 Å². The number of ether oxygens (including phenoxy) is 1. The fourth-order valence-corrected chi connectivity index (χ4v) is 2.12. The summed E-state index contributed by atoms with van der Waals surface area (Å²) in [4.78, 5) is 11.8. The van der Waals surface area contributed by atoms with Crippen LogP contribution in [-0.2, 0) is 9.53 Å². The Morgan fingerprint density at radius 2 is 2.19 bits per heavy atom. The second-order valence-electron chi connectivity index (χ2n) is 4.11. The molecule has 1 unspecified atom stereocenters. The molecule has 88 valence electrons. The highest BCUT2D eigenvalue weighted by Gasteiger charge is 2.27. The molecule has 1 saturated heterocycles. The van der Waals surface area contributed by atoms with Crippen LogP contribution in [0.15, 0.2) is 0 Å². The third kappa shape index (κ3) is 1.94. The molecule has 1 aromatic heterocycles. The van der Waals surface area contributed by atoms with Crippen molar-refractivity contribution in [2.75, 3.05) is 6.61 Å². The number of carbonyl (C=O) groups excluding carboxylic acids is 1. The molecular weight excluding hydrogens is 228 g/mol. The lowest BCUT2D eigenvalue weighted by atomic mass is 10.1. The Balaban J connectivity index is 2.34. The van der Waals surface area contributed by atoms with Gasteiger partial charge < -0.3 is 4.74 Å². The van der Waals surface area contributed by atoms with Crippen LogP contribution in [0.1, 0.15) is 36.7 Å². The van der Waals surface area contributed by atoms with E-state index in [1.807, 2.05) is 13.8 Å². The monoisotopic (exact) mass is 242 g/mol. The quantitative estimate of drug-likeness (QED) is 0.711. The summed E-state index contributed by atoms with van der Waals surface area (Å²) in [7, 11) is 0. The van der Waals surface area contributed by atoms with Crippen molar-refractivity contribution in [1.82, 2.24) is 9.78 Å². The molecule has 0 amide bonds. The predicted octanol–water partition coefficient (Wildman–Crippen LogP) is 2.42. The minimum Gasteiger partial charge on any atom is -0.464 e. The molecule has 0 radical (unpaired) electrons. The van der Waals surface area contributed by atoms with Crippen molar-refractivity contribution in [3.63, 3.8) is 0 Å². The maximum absolute atomic E-state index is 11.8. The molecule has 0 bridgehead atoms. The second kappa shape index (κ2) is 4.45. The van der Waals surface area contributed by atoms with E-state index in [9.17, 15) is 4.79 Å². The molecule has 0 aliphatic carbocycles. The van der Waals surface area contributed by atoms with E-state index in [4.69, 9.17) is 16.3 Å². The lowest BCUT2D eigenvalue weighted by Crippen LogP contribution is -2.22. The summed E-state index contributed by atoms with van der Waals surface area (Å²) in [5, 5.41) is 4.95. The molecule has 1 fully saturated rings. The van der Waals surface area contributed by atoms with Gasteiger partial charge in [0.05, 0.1) is 23.0 Å². The van der Waals surface area contributed by atoms with Gasteiger partial charge in [-0.2, -0.15) is 5.10 Å². The van der Waals surface area contributed by atoms with Gasteiger partial charge in [0.1, 0.15) is 6.04 Å². The Kier molecular flexibility index (Phi) is 3.19. The molecule has 5 heteroatoms. The van der Waals surface area contributed by atoms with Gasteiger partial charge in [0.15, 0.2) is 0 Å². The molecule has 0 saturated carbocycles. The van der Waals surface area contributed by atoms with Crippen LogP contribution in [-0.4, -0.2) is 22.4 Å². The summed E-state index contributed by atoms with van der Waals surface area (Å²) < 4.78 is 6.83. The van der Waals surface area contributed by atoms with E-state index in [2.05, 4.69) is 5.10 Å². The molecule has 1 aliphatic rings. The molecular formula is C11H15ClN2O2. The summed E-state index contributed by atoms with van der Waals surface area (Å²) in [5.41, 5.74) is 1.60. The van der Waals surface area contributed by atoms with E-state index in [0.717, 1.165) is 30.7 Å². The van der Waals surface area contributed by atoms with Crippen LogP contribution >= 0.6 is 11.6 Å². The normalized spacial score (nSPS) is 21.7. The van der Waals surface area contributed by atoms with Crippen LogP contribution in [0.4, 0.5) is 0 Å². The van der Waals surface area contributed by atoms with Crippen molar-refractivity contribution in [3.05, 3.63) is 16.4 Å². The van der Waals surface area contributed by atoms with Crippen LogP contribution in [0.2, 0.25) is 5.02 Å². The van der Waals surface area contributed by atoms with E-state index in [1.165, 1.54) is 0 Å². The number of aryl methyl sites for hydroxylation is 1. The Labute approximate surface area is 99.5 Å². The van der Waals surface area contributed by atoms with E-state index in [1.54, 1.807) is 4.68 Å². The van der Waals surface area contributed by atoms with Gasteiger partial charge in [-0.15, -0.1) is 0 Å². The summed E-state index contributed by atoms with van der Waals surface area (Å²) in [5.74, 6) is -0.195. The van der Waals surface area contributed by atoms with Gasteiger partial charge in [-0.1, -0.05) is 11.6 Å². The van der Waals surface area contributed by atoms with Gasteiger partial charge in [0.25, 0.3) is 0 Å². The van der Waals surface area contributed by atoms with Crippen molar-refractivity contribution in [3.8, 4) is 0 Å². The van der Waals surface area contributed by atoms with Gasteiger partial charge in [-0.25, -0.2) is 4.79 Å². The van der Waals surface area contributed by atoms with E-state index in [0.29, 0.717) is 11.6 Å². The van der Waals surface area contributed by atoms with Crippen molar-refractivity contribution >= 4 is 17.6 Å². The van der Waals surface area contributed by atoms with Gasteiger partial charge in [-0.05, 0) is 33.1 Å². The van der Waals surface area contributed by atoms with E-state index in [-0.39, 0.29) is 12.0 Å². The zero-order chi connectivity index (χ0) is 11.7. The molecule has 2 heterocycles. The van der Waals surface area contributed by atoms with Crippen molar-refractivity contribution in [1.29, 1.82) is 0 Å². The number of rotatable bonds is 1. The molecule has 1 atom stereocenters. The fourth-order valence-electron chi connectivity index (χ4n) is 2.00. The number of esters is 1. The number of nitrogens with zero attached hydrogens (tertiary/aromatic N) is 2. The lowest BCUT2D eigenvalue weighted by Gasteiger charge is -2.14. The van der Waals surface area contributed by atoms with E-state index >= 15 is 0 Å². The Bertz CT molecular complexity index is 414. The Hall–Kier alpha value is -1.03. The lowest BCUT2D eigenvalue weighted by molar-refractivity contribution is -0.146. The Morgan fingerprint density at radius 1 is 1.44 bits per heavy atom. The Morgan fingerprint density at radius 3 is 2.81 bits per heavy atom. The smallest absolute Gasteiger partial charge is 0.330 e. The molecule has 0 spiro atoms. The van der Waals surface area contributed by atoms with Crippen molar-refractivity contribution in [2.24, 2.45) is 0 Å². The van der Waals surface area contributed by atoms with Crippen LogP contribution in [0.5, 0.6) is 0 Å². The molecule has 1 aromatic rings. The maximum Gasteiger partial charge on any atom is 0.330 e. The largest absolute Gasteiger partial charge is 0.464 e. The second-order valence-corrected chi connectivity index (χ2v) is 4.49. The zero-order valence-electron chi connectivity index (χ0n) is 9.49. The van der Waals surface area contributed by atoms with Gasteiger partial charge in [0, 0.05) is 0 Å². The summed E-state index contributed by atoms with van der Waals surface area (Å²) in [6.45, 7) is 4.23. The molecule has 0 N–H and O–H groups in total. The van der Waals surface area contributed by atoms with Crippen molar-refractivity contribution < 1.29 is 9.53 Å². The standard InChI is InChI=1S/C11H15ClN2O2/c1-7-10(12)8(2)14(13-7)9-5-3-4-6-16-11(9)15/h9H,3-6H2,1-2H3. The number of aromatic nitrogens is 2. The van der Waals surface area contributed by atoms with Gasteiger partial charge >= 0.3 is 5.97 Å². The number of halogens is 1. The predicted molar refractivity (Wildman–Crippen MR) is 60.6 cm³/mol. The van der Waals surface area contributed by atoms with Gasteiger partial charge in [-0.3, -0.25) is 4.68 Å². The summed E-state index contributed by atoms with van der Waals surface area (Å²) in [6, 6.07) is -0.311. The minimum atomic E-state index is -0.311. The maximum atomic E-state index is 11.8. The average Bonchev–Trinajstić information content (AvgIpc) is 2.47. The highest BCUT2D eigenvalue weighted by Crippen LogP contribution is 2.27. The number of hydrogen-bond donors (Lipinski definition) is 0. The first-order chi connectivity index (χ1) is 7.61. The first kappa shape index (κ1) is 11.5. The SMILES string of the molecule is Cc1nn(C2CCCCOC2=O)c(C)c1Cl. The van der Waals surface area contributed by atoms with Crippen LogP contribution in [0.25, 0.3) is 0 Å². The first-order valence-electron chi connectivity index (χ1n) is 5.49. The number of hydrogen-bond acceptors (Lipinski definition) is 3. The number of carbonyl (C=O) groups is 1. The third-order valence-electron chi connectivity index (χ3n) is 2.92. The molecule has 1 aliphatic heterocycles. The third-order valence-corrected chi connectivity index (χ3v) is 3.47.